The molecule has 3 aromatic rings. The Bertz CT molecular complexity index is 862. The molecule has 0 fully saturated rings. The molecule has 0 unspecified atom stereocenters. The SMILES string of the molecule is Cc1cc(S(=O)(=O)Nc2noc(-c3ccco3)n2)c(C)s1. The molecular formula is C12H11N3O4S2. The first kappa shape index (κ1) is 13.8. The third-order valence-electron chi connectivity index (χ3n) is 2.67. The van der Waals surface area contributed by atoms with Gasteiger partial charge in [-0.05, 0) is 37.2 Å². The van der Waals surface area contributed by atoms with E-state index in [2.05, 4.69) is 14.9 Å². The minimum Gasteiger partial charge on any atom is -0.459 e. The molecule has 0 radical (unpaired) electrons. The highest BCUT2D eigenvalue weighted by molar-refractivity contribution is 7.92. The van der Waals surface area contributed by atoms with Gasteiger partial charge in [0.15, 0.2) is 5.76 Å². The van der Waals surface area contributed by atoms with Gasteiger partial charge in [-0.2, -0.15) is 4.98 Å². The van der Waals surface area contributed by atoms with Crippen molar-refractivity contribution < 1.29 is 17.4 Å². The fourth-order valence-electron chi connectivity index (χ4n) is 1.81. The Morgan fingerprint density at radius 2 is 2.14 bits per heavy atom. The Morgan fingerprint density at radius 3 is 2.76 bits per heavy atom. The second-order valence-corrected chi connectivity index (χ2v) is 7.39. The zero-order chi connectivity index (χ0) is 15.0. The summed E-state index contributed by atoms with van der Waals surface area (Å²) in [7, 11) is -3.73. The summed E-state index contributed by atoms with van der Waals surface area (Å²) in [5.41, 5.74) is 0. The van der Waals surface area contributed by atoms with Crippen molar-refractivity contribution >= 4 is 27.3 Å². The Hall–Kier alpha value is -2.13. The van der Waals surface area contributed by atoms with E-state index in [1.54, 1.807) is 25.1 Å². The summed E-state index contributed by atoms with van der Waals surface area (Å²) in [6, 6.07) is 4.91. The molecule has 0 saturated carbocycles. The molecule has 0 aliphatic rings. The average molecular weight is 325 g/mol. The first-order valence-electron chi connectivity index (χ1n) is 5.93. The van der Waals surface area contributed by atoms with Crippen LogP contribution in [-0.4, -0.2) is 18.6 Å². The molecule has 21 heavy (non-hydrogen) atoms. The van der Waals surface area contributed by atoms with Gasteiger partial charge in [0.2, 0.25) is 0 Å². The van der Waals surface area contributed by atoms with Crippen molar-refractivity contribution in [2.75, 3.05) is 4.72 Å². The number of furan rings is 1. The summed E-state index contributed by atoms with van der Waals surface area (Å²) in [4.78, 5) is 5.78. The van der Waals surface area contributed by atoms with Crippen LogP contribution in [0.3, 0.4) is 0 Å². The van der Waals surface area contributed by atoms with Gasteiger partial charge < -0.3 is 8.94 Å². The smallest absolute Gasteiger partial charge is 0.295 e. The fourth-order valence-corrected chi connectivity index (χ4v) is 4.31. The van der Waals surface area contributed by atoms with E-state index in [1.165, 1.54) is 17.6 Å². The van der Waals surface area contributed by atoms with Crippen LogP contribution in [0.25, 0.3) is 11.7 Å². The molecule has 0 amide bonds. The van der Waals surface area contributed by atoms with Crippen molar-refractivity contribution in [1.29, 1.82) is 0 Å². The number of aromatic nitrogens is 2. The second kappa shape index (κ2) is 5.01. The topological polar surface area (TPSA) is 98.2 Å². The van der Waals surface area contributed by atoms with Crippen LogP contribution in [0.2, 0.25) is 0 Å². The van der Waals surface area contributed by atoms with Gasteiger partial charge in [-0.3, -0.25) is 0 Å². The van der Waals surface area contributed by atoms with Crippen molar-refractivity contribution in [2.24, 2.45) is 0 Å². The van der Waals surface area contributed by atoms with Crippen LogP contribution < -0.4 is 4.72 Å². The third-order valence-corrected chi connectivity index (χ3v) is 5.22. The van der Waals surface area contributed by atoms with E-state index in [-0.39, 0.29) is 16.7 Å². The maximum absolute atomic E-state index is 12.3. The van der Waals surface area contributed by atoms with Crippen molar-refractivity contribution in [3.63, 3.8) is 0 Å². The summed E-state index contributed by atoms with van der Waals surface area (Å²) >= 11 is 1.41. The molecule has 0 atom stereocenters. The van der Waals surface area contributed by atoms with E-state index in [4.69, 9.17) is 8.94 Å². The predicted molar refractivity (Wildman–Crippen MR) is 76.6 cm³/mol. The molecule has 7 nitrogen and oxygen atoms in total. The number of nitrogens with zero attached hydrogens (tertiary/aromatic N) is 2. The highest BCUT2D eigenvalue weighted by Gasteiger charge is 2.22. The van der Waals surface area contributed by atoms with E-state index < -0.39 is 10.0 Å². The Balaban J connectivity index is 1.88. The minimum atomic E-state index is -3.73. The lowest BCUT2D eigenvalue weighted by atomic mass is 10.4. The monoisotopic (exact) mass is 325 g/mol. The third kappa shape index (κ3) is 2.69. The Morgan fingerprint density at radius 1 is 1.33 bits per heavy atom. The number of hydrogen-bond acceptors (Lipinski definition) is 7. The van der Waals surface area contributed by atoms with E-state index >= 15 is 0 Å². The minimum absolute atomic E-state index is 0.107. The van der Waals surface area contributed by atoms with E-state index in [9.17, 15) is 8.42 Å². The number of thiophene rings is 1. The number of sulfonamides is 1. The maximum atomic E-state index is 12.3. The quantitative estimate of drug-likeness (QED) is 0.792. The molecule has 9 heteroatoms. The molecule has 110 valence electrons. The van der Waals surface area contributed by atoms with Crippen LogP contribution in [0.5, 0.6) is 0 Å². The lowest BCUT2D eigenvalue weighted by Gasteiger charge is -2.02. The van der Waals surface area contributed by atoms with Gasteiger partial charge in [-0.1, -0.05) is 0 Å². The molecule has 3 rings (SSSR count). The van der Waals surface area contributed by atoms with Crippen LogP contribution in [0.15, 0.2) is 38.3 Å². The molecule has 0 spiro atoms. The molecule has 3 aromatic heterocycles. The molecule has 0 aliphatic carbocycles. The zero-order valence-corrected chi connectivity index (χ0v) is 12.8. The van der Waals surface area contributed by atoms with Crippen molar-refractivity contribution in [3.8, 4) is 11.7 Å². The van der Waals surface area contributed by atoms with Crippen LogP contribution >= 0.6 is 11.3 Å². The first-order valence-corrected chi connectivity index (χ1v) is 8.23. The largest absolute Gasteiger partial charge is 0.459 e. The molecule has 1 N–H and O–H groups in total. The van der Waals surface area contributed by atoms with Gasteiger partial charge in [0.05, 0.1) is 6.26 Å². The van der Waals surface area contributed by atoms with Gasteiger partial charge >= 0.3 is 0 Å². The van der Waals surface area contributed by atoms with E-state index in [0.29, 0.717) is 10.6 Å². The molecular weight excluding hydrogens is 314 g/mol. The van der Waals surface area contributed by atoms with E-state index in [0.717, 1.165) is 4.88 Å². The first-order chi connectivity index (χ1) is 9.95. The second-order valence-electron chi connectivity index (χ2n) is 4.28. The summed E-state index contributed by atoms with van der Waals surface area (Å²) in [5, 5.41) is 3.59. The number of rotatable bonds is 4. The van der Waals surface area contributed by atoms with E-state index in [1.807, 2.05) is 6.92 Å². The predicted octanol–water partition coefficient (Wildman–Crippen LogP) is 2.81. The number of aryl methyl sites for hydroxylation is 2. The van der Waals surface area contributed by atoms with Gasteiger partial charge in [0, 0.05) is 9.75 Å². The molecule has 0 aromatic carbocycles. The van der Waals surface area contributed by atoms with Crippen LogP contribution in [0.4, 0.5) is 5.95 Å². The molecule has 0 bridgehead atoms. The Kier molecular flexibility index (Phi) is 3.30. The Labute approximate surface area is 124 Å². The zero-order valence-electron chi connectivity index (χ0n) is 11.2. The van der Waals surface area contributed by atoms with Crippen molar-refractivity contribution in [1.82, 2.24) is 10.1 Å². The average Bonchev–Trinajstić information content (AvgIpc) is 3.08. The van der Waals surface area contributed by atoms with Crippen molar-refractivity contribution in [2.45, 2.75) is 18.7 Å². The maximum Gasteiger partial charge on any atom is 0.295 e. The van der Waals surface area contributed by atoms with Crippen LogP contribution in [0, 0.1) is 13.8 Å². The van der Waals surface area contributed by atoms with Gasteiger partial charge in [0.25, 0.3) is 21.9 Å². The van der Waals surface area contributed by atoms with Gasteiger partial charge in [-0.15, -0.1) is 11.3 Å². The highest BCUT2D eigenvalue weighted by atomic mass is 32.2. The normalized spacial score (nSPS) is 11.7. The van der Waals surface area contributed by atoms with Gasteiger partial charge in [0.1, 0.15) is 4.90 Å². The molecule has 0 saturated heterocycles. The summed E-state index contributed by atoms with van der Waals surface area (Å²) in [6.07, 6.45) is 1.46. The fraction of sp³-hybridized carbons (Fsp3) is 0.167. The van der Waals surface area contributed by atoms with Gasteiger partial charge in [-0.25, -0.2) is 13.1 Å². The lowest BCUT2D eigenvalue weighted by Crippen LogP contribution is -2.14. The summed E-state index contributed by atoms with van der Waals surface area (Å²) in [5.74, 6) is 0.344. The summed E-state index contributed by atoms with van der Waals surface area (Å²) in [6.45, 7) is 3.59. The summed E-state index contributed by atoms with van der Waals surface area (Å²) < 4.78 is 36.9. The standard InChI is InChI=1S/C12H11N3O4S2/c1-7-6-10(8(2)20-7)21(16,17)15-12-13-11(19-14-12)9-4-3-5-18-9/h3-6H,1-2H3,(H,14,15). The number of anilines is 1. The molecule has 3 heterocycles. The number of hydrogen-bond donors (Lipinski definition) is 1. The van der Waals surface area contributed by atoms with Crippen LogP contribution in [-0.2, 0) is 10.0 Å². The number of nitrogens with one attached hydrogen (secondary N) is 1. The van der Waals surface area contributed by atoms with Crippen molar-refractivity contribution in [3.05, 3.63) is 34.2 Å². The lowest BCUT2D eigenvalue weighted by molar-refractivity contribution is 0.417. The van der Waals surface area contributed by atoms with Crippen LogP contribution in [0.1, 0.15) is 9.75 Å². The highest BCUT2D eigenvalue weighted by Crippen LogP contribution is 2.27. The molecule has 0 aliphatic heterocycles.